The van der Waals surface area contributed by atoms with Gasteiger partial charge in [0, 0.05) is 12.6 Å². The van der Waals surface area contributed by atoms with E-state index in [-0.39, 0.29) is 18.4 Å². The molecule has 1 heterocycles. The number of aliphatic hydroxyl groups excluding tert-OH is 1. The van der Waals surface area contributed by atoms with E-state index < -0.39 is 6.10 Å². The zero-order valence-corrected chi connectivity index (χ0v) is 14.7. The maximum absolute atomic E-state index is 12.2. The number of hydrogen-bond acceptors (Lipinski definition) is 5. The molecule has 7 heteroatoms. The Bertz CT molecular complexity index is 723. The Morgan fingerprint density at radius 3 is 2.54 bits per heavy atom. The summed E-state index contributed by atoms with van der Waals surface area (Å²) in [5.74, 6) is -0.563. The van der Waals surface area contributed by atoms with E-state index in [9.17, 15) is 14.7 Å². The van der Waals surface area contributed by atoms with Gasteiger partial charge in [0.2, 0.25) is 12.1 Å². The van der Waals surface area contributed by atoms with Crippen LogP contribution < -0.4 is 9.88 Å². The van der Waals surface area contributed by atoms with Crippen LogP contribution in [0.5, 0.6) is 0 Å². The van der Waals surface area contributed by atoms with Gasteiger partial charge in [-0.2, -0.15) is 4.57 Å². The first kappa shape index (κ1) is 18.1. The third-order valence-electron chi connectivity index (χ3n) is 3.47. The fraction of sp³-hybridized carbons (Fsp3) is 0.353. The van der Waals surface area contributed by atoms with E-state index in [1.165, 1.54) is 11.3 Å². The van der Waals surface area contributed by atoms with Crippen LogP contribution in [0.2, 0.25) is 0 Å². The fourth-order valence-corrected chi connectivity index (χ4v) is 3.20. The van der Waals surface area contributed by atoms with Gasteiger partial charge in [0.25, 0.3) is 5.91 Å². The molecular formula is C17H21N2O4S+. The van der Waals surface area contributed by atoms with Crippen LogP contribution in [0.3, 0.4) is 0 Å². The van der Waals surface area contributed by atoms with E-state index in [1.54, 1.807) is 42.7 Å². The van der Waals surface area contributed by atoms with Crippen LogP contribution in [0, 0.1) is 6.92 Å². The van der Waals surface area contributed by atoms with Crippen LogP contribution in [0.25, 0.3) is 0 Å². The smallest absolute Gasteiger partial charge is 0.338 e. The van der Waals surface area contributed by atoms with E-state index in [0.29, 0.717) is 17.9 Å². The molecule has 24 heavy (non-hydrogen) atoms. The first-order valence-corrected chi connectivity index (χ1v) is 8.52. The molecule has 1 unspecified atom stereocenters. The molecule has 0 aliphatic carbocycles. The van der Waals surface area contributed by atoms with Crippen LogP contribution in [0.4, 0.5) is 5.69 Å². The molecule has 0 aliphatic heterocycles. The number of amides is 1. The van der Waals surface area contributed by atoms with Crippen LogP contribution >= 0.6 is 11.3 Å². The SMILES string of the molecule is CCOC(=O)c1ccc(NC(=O)C[n+]2csc(C(C)O)c2C)cc1. The number of nitrogens with one attached hydrogen (secondary N) is 1. The number of nitrogens with zero attached hydrogens (tertiary/aromatic N) is 1. The average molecular weight is 349 g/mol. The molecule has 0 spiro atoms. The Balaban J connectivity index is 1.99. The predicted octanol–water partition coefficient (Wildman–Crippen LogP) is 2.21. The van der Waals surface area contributed by atoms with Crippen molar-refractivity contribution in [3.8, 4) is 0 Å². The van der Waals surface area contributed by atoms with Gasteiger partial charge in [-0.25, -0.2) is 4.79 Å². The van der Waals surface area contributed by atoms with Crippen molar-refractivity contribution in [3.05, 3.63) is 45.9 Å². The molecule has 0 radical (unpaired) electrons. The second-order valence-electron chi connectivity index (χ2n) is 5.32. The Morgan fingerprint density at radius 1 is 1.33 bits per heavy atom. The number of esters is 1. The minimum Gasteiger partial charge on any atom is -0.462 e. The van der Waals surface area contributed by atoms with Gasteiger partial charge in [-0.1, -0.05) is 11.3 Å². The Morgan fingerprint density at radius 2 is 2.00 bits per heavy atom. The second kappa shape index (κ2) is 8.03. The number of carbonyl (C=O) groups excluding carboxylic acids is 2. The second-order valence-corrected chi connectivity index (χ2v) is 6.21. The van der Waals surface area contributed by atoms with Crippen molar-refractivity contribution >= 4 is 28.9 Å². The molecule has 1 atom stereocenters. The number of benzene rings is 1. The molecule has 0 bridgehead atoms. The summed E-state index contributed by atoms with van der Waals surface area (Å²) in [7, 11) is 0. The molecule has 6 nitrogen and oxygen atoms in total. The Hall–Kier alpha value is -2.25. The molecule has 1 amide bonds. The first-order valence-electron chi connectivity index (χ1n) is 7.65. The van der Waals surface area contributed by atoms with Crippen molar-refractivity contribution in [1.29, 1.82) is 0 Å². The van der Waals surface area contributed by atoms with Gasteiger partial charge in [-0.3, -0.25) is 4.79 Å². The predicted molar refractivity (Wildman–Crippen MR) is 90.9 cm³/mol. The first-order chi connectivity index (χ1) is 11.4. The van der Waals surface area contributed by atoms with Crippen LogP contribution in [-0.2, 0) is 16.1 Å². The van der Waals surface area contributed by atoms with Crippen molar-refractivity contribution in [2.45, 2.75) is 33.4 Å². The van der Waals surface area contributed by atoms with Crippen LogP contribution in [0.15, 0.2) is 29.8 Å². The lowest BCUT2D eigenvalue weighted by Gasteiger charge is -2.05. The molecule has 1 aromatic carbocycles. The van der Waals surface area contributed by atoms with Crippen molar-refractivity contribution in [3.63, 3.8) is 0 Å². The Labute approximate surface area is 144 Å². The summed E-state index contributed by atoms with van der Waals surface area (Å²) in [5, 5.41) is 12.4. The largest absolute Gasteiger partial charge is 0.462 e. The minimum absolute atomic E-state index is 0.161. The van der Waals surface area contributed by atoms with E-state index in [4.69, 9.17) is 4.74 Å². The molecular weight excluding hydrogens is 328 g/mol. The summed E-state index contributed by atoms with van der Waals surface area (Å²) in [6, 6.07) is 6.55. The van der Waals surface area contributed by atoms with E-state index >= 15 is 0 Å². The maximum Gasteiger partial charge on any atom is 0.338 e. The molecule has 0 aliphatic rings. The third-order valence-corrected chi connectivity index (χ3v) is 4.72. The number of rotatable bonds is 6. The summed E-state index contributed by atoms with van der Waals surface area (Å²) in [6.45, 7) is 5.81. The highest BCUT2D eigenvalue weighted by Gasteiger charge is 2.21. The van der Waals surface area contributed by atoms with E-state index in [2.05, 4.69) is 5.32 Å². The molecule has 2 N–H and O–H groups in total. The lowest BCUT2D eigenvalue weighted by molar-refractivity contribution is -0.685. The molecule has 0 saturated heterocycles. The number of thiazole rings is 1. The lowest BCUT2D eigenvalue weighted by atomic mass is 10.2. The van der Waals surface area contributed by atoms with Gasteiger partial charge in [0.15, 0.2) is 5.69 Å². The summed E-state index contributed by atoms with van der Waals surface area (Å²) < 4.78 is 6.71. The summed E-state index contributed by atoms with van der Waals surface area (Å²) in [5.41, 5.74) is 3.75. The molecule has 0 saturated carbocycles. The third kappa shape index (κ3) is 4.39. The molecule has 1 aromatic heterocycles. The number of ether oxygens (including phenoxy) is 1. The zero-order chi connectivity index (χ0) is 17.7. The number of hydrogen-bond donors (Lipinski definition) is 2. The number of aliphatic hydroxyl groups is 1. The number of aromatic nitrogens is 1. The van der Waals surface area contributed by atoms with Crippen LogP contribution in [0.1, 0.15) is 40.9 Å². The fourth-order valence-electron chi connectivity index (χ4n) is 2.24. The van der Waals surface area contributed by atoms with Gasteiger partial charge in [0.1, 0.15) is 4.88 Å². The van der Waals surface area contributed by atoms with Gasteiger partial charge >= 0.3 is 5.97 Å². The van der Waals surface area contributed by atoms with Gasteiger partial charge in [-0.05, 0) is 38.1 Å². The highest BCUT2D eigenvalue weighted by atomic mass is 32.1. The lowest BCUT2D eigenvalue weighted by Crippen LogP contribution is -2.41. The summed E-state index contributed by atoms with van der Waals surface area (Å²) in [6.07, 6.45) is -0.547. The van der Waals surface area contributed by atoms with Crippen molar-refractivity contribution < 1.29 is 24.0 Å². The number of anilines is 1. The number of carbonyl (C=O) groups is 2. The monoisotopic (exact) mass is 349 g/mol. The van der Waals surface area contributed by atoms with Gasteiger partial charge in [0.05, 0.1) is 18.3 Å². The molecule has 2 rings (SSSR count). The summed E-state index contributed by atoms with van der Waals surface area (Å²) in [4.78, 5) is 24.6. The highest BCUT2D eigenvalue weighted by Crippen LogP contribution is 2.19. The highest BCUT2D eigenvalue weighted by molar-refractivity contribution is 7.09. The molecule has 128 valence electrons. The zero-order valence-electron chi connectivity index (χ0n) is 13.9. The van der Waals surface area contributed by atoms with E-state index in [0.717, 1.165) is 10.6 Å². The van der Waals surface area contributed by atoms with Crippen molar-refractivity contribution in [2.75, 3.05) is 11.9 Å². The quantitative estimate of drug-likeness (QED) is 0.619. The standard InChI is InChI=1S/C17H20N2O4S/c1-4-23-17(22)13-5-7-14(8-6-13)18-15(21)9-19-10-24-16(11(19)2)12(3)20/h5-8,10,12,20H,4,9H2,1-3H3/p+1. The van der Waals surface area contributed by atoms with E-state index in [1.807, 2.05) is 12.4 Å². The van der Waals surface area contributed by atoms with Crippen LogP contribution in [-0.4, -0.2) is 23.6 Å². The Kier molecular flexibility index (Phi) is 6.05. The summed E-state index contributed by atoms with van der Waals surface area (Å²) >= 11 is 1.42. The molecule has 0 fully saturated rings. The van der Waals surface area contributed by atoms with Crippen molar-refractivity contribution in [1.82, 2.24) is 0 Å². The molecule has 2 aromatic rings. The van der Waals surface area contributed by atoms with Gasteiger partial charge in [-0.15, -0.1) is 0 Å². The maximum atomic E-state index is 12.2. The van der Waals surface area contributed by atoms with Gasteiger partial charge < -0.3 is 15.2 Å². The normalized spacial score (nSPS) is 11.8. The minimum atomic E-state index is -0.547. The van der Waals surface area contributed by atoms with Crippen molar-refractivity contribution in [2.24, 2.45) is 0 Å². The average Bonchev–Trinajstić information content (AvgIpc) is 2.89. The topological polar surface area (TPSA) is 79.5 Å².